The summed E-state index contributed by atoms with van der Waals surface area (Å²) < 4.78 is 4.87. The Morgan fingerprint density at radius 3 is 2.88 bits per heavy atom. The van der Waals surface area contributed by atoms with Crippen molar-refractivity contribution < 1.29 is 9.53 Å². The lowest BCUT2D eigenvalue weighted by atomic mass is 10.2. The number of carbonyl (C=O) groups excluding carboxylic acids is 1. The van der Waals surface area contributed by atoms with E-state index < -0.39 is 0 Å². The molecule has 0 aliphatic heterocycles. The van der Waals surface area contributed by atoms with E-state index in [1.54, 1.807) is 7.11 Å². The van der Waals surface area contributed by atoms with Crippen LogP contribution in [0.3, 0.4) is 0 Å². The summed E-state index contributed by atoms with van der Waals surface area (Å²) >= 11 is 1.90. The number of rotatable bonds is 10. The van der Waals surface area contributed by atoms with E-state index in [0.29, 0.717) is 19.7 Å². The van der Waals surface area contributed by atoms with Gasteiger partial charge in [-0.1, -0.05) is 6.92 Å². The Morgan fingerprint density at radius 2 is 2.25 bits per heavy atom. The zero-order chi connectivity index (χ0) is 12.2. The van der Waals surface area contributed by atoms with Gasteiger partial charge in [-0.05, 0) is 24.9 Å². The molecule has 0 fully saturated rings. The molecule has 16 heavy (non-hydrogen) atoms. The Labute approximate surface area is 103 Å². The largest absolute Gasteiger partial charge is 0.383 e. The van der Waals surface area contributed by atoms with E-state index >= 15 is 0 Å². The first-order valence-electron chi connectivity index (χ1n) is 5.77. The molecule has 0 bridgehead atoms. The highest BCUT2D eigenvalue weighted by Gasteiger charge is 2.06. The molecular weight excluding hydrogens is 224 g/mol. The average molecular weight is 248 g/mol. The summed E-state index contributed by atoms with van der Waals surface area (Å²) in [4.78, 5) is 11.4. The van der Waals surface area contributed by atoms with Crippen molar-refractivity contribution in [3.05, 3.63) is 0 Å². The van der Waals surface area contributed by atoms with E-state index in [1.165, 1.54) is 0 Å². The minimum atomic E-state index is 0.0603. The summed E-state index contributed by atoms with van der Waals surface area (Å²) in [6.07, 6.45) is 1.03. The Balaban J connectivity index is 3.39. The third-order valence-corrected chi connectivity index (χ3v) is 3.01. The average Bonchev–Trinajstić information content (AvgIpc) is 2.25. The van der Waals surface area contributed by atoms with E-state index in [9.17, 15) is 4.79 Å². The van der Waals surface area contributed by atoms with Gasteiger partial charge in [0, 0.05) is 19.7 Å². The minimum Gasteiger partial charge on any atom is -0.383 e. The molecule has 0 aliphatic rings. The molecule has 0 aliphatic carbocycles. The maximum atomic E-state index is 11.4. The van der Waals surface area contributed by atoms with Gasteiger partial charge in [0.05, 0.1) is 13.2 Å². The van der Waals surface area contributed by atoms with Gasteiger partial charge in [0.25, 0.3) is 0 Å². The van der Waals surface area contributed by atoms with Gasteiger partial charge >= 0.3 is 0 Å². The molecule has 0 aromatic rings. The highest BCUT2D eigenvalue weighted by atomic mass is 32.2. The molecule has 96 valence electrons. The molecule has 0 aromatic heterocycles. The van der Waals surface area contributed by atoms with Crippen LogP contribution in [0.2, 0.25) is 0 Å². The van der Waals surface area contributed by atoms with Crippen molar-refractivity contribution in [3.8, 4) is 0 Å². The smallest absolute Gasteiger partial charge is 0.234 e. The fourth-order valence-corrected chi connectivity index (χ4v) is 1.99. The van der Waals surface area contributed by atoms with Crippen molar-refractivity contribution in [1.82, 2.24) is 10.6 Å². The fourth-order valence-electron chi connectivity index (χ4n) is 1.18. The van der Waals surface area contributed by atoms with E-state index in [1.807, 2.05) is 18.7 Å². The van der Waals surface area contributed by atoms with E-state index in [0.717, 1.165) is 17.9 Å². The molecular formula is C11H24N2O2S. The van der Waals surface area contributed by atoms with Crippen LogP contribution in [0.1, 0.15) is 20.3 Å². The summed E-state index contributed by atoms with van der Waals surface area (Å²) in [5.74, 6) is 2.30. The van der Waals surface area contributed by atoms with E-state index in [2.05, 4.69) is 17.6 Å². The van der Waals surface area contributed by atoms with Gasteiger partial charge in [0.2, 0.25) is 5.91 Å². The Kier molecular flexibility index (Phi) is 11.0. The van der Waals surface area contributed by atoms with Crippen LogP contribution in [-0.2, 0) is 9.53 Å². The maximum Gasteiger partial charge on any atom is 0.234 e. The van der Waals surface area contributed by atoms with Crippen LogP contribution in [0.15, 0.2) is 0 Å². The second-order valence-corrected chi connectivity index (χ2v) is 5.02. The zero-order valence-electron chi connectivity index (χ0n) is 10.5. The molecule has 0 saturated carbocycles. The van der Waals surface area contributed by atoms with E-state index in [-0.39, 0.29) is 11.9 Å². The van der Waals surface area contributed by atoms with Gasteiger partial charge in [-0.2, -0.15) is 11.8 Å². The first-order chi connectivity index (χ1) is 7.70. The fraction of sp³-hybridized carbons (Fsp3) is 0.909. The van der Waals surface area contributed by atoms with Gasteiger partial charge < -0.3 is 15.4 Å². The Morgan fingerprint density at radius 1 is 1.50 bits per heavy atom. The van der Waals surface area contributed by atoms with Gasteiger partial charge in [-0.25, -0.2) is 0 Å². The molecule has 4 nitrogen and oxygen atoms in total. The number of ether oxygens (including phenoxy) is 1. The Hall–Kier alpha value is -0.260. The van der Waals surface area contributed by atoms with Crippen LogP contribution in [0.25, 0.3) is 0 Å². The molecule has 0 heterocycles. The normalized spacial score (nSPS) is 12.4. The molecule has 2 N–H and O–H groups in total. The quantitative estimate of drug-likeness (QED) is 0.563. The monoisotopic (exact) mass is 248 g/mol. The molecule has 0 spiro atoms. The number of hydrogen-bond acceptors (Lipinski definition) is 4. The molecule has 1 unspecified atom stereocenters. The molecule has 5 heteroatoms. The van der Waals surface area contributed by atoms with Gasteiger partial charge in [-0.15, -0.1) is 0 Å². The maximum absolute atomic E-state index is 11.4. The van der Waals surface area contributed by atoms with Crippen LogP contribution in [-0.4, -0.2) is 50.3 Å². The third-order valence-electron chi connectivity index (χ3n) is 2.08. The molecule has 0 radical (unpaired) electrons. The zero-order valence-corrected chi connectivity index (χ0v) is 11.4. The van der Waals surface area contributed by atoms with Gasteiger partial charge in [0.1, 0.15) is 0 Å². The topological polar surface area (TPSA) is 50.4 Å². The molecule has 1 atom stereocenters. The lowest BCUT2D eigenvalue weighted by Crippen LogP contribution is -2.40. The summed E-state index contributed by atoms with van der Waals surface area (Å²) in [6, 6.07) is 0.260. The highest BCUT2D eigenvalue weighted by molar-refractivity contribution is 7.99. The number of methoxy groups -OCH3 is 1. The summed E-state index contributed by atoms with van der Waals surface area (Å²) in [5, 5.41) is 5.98. The lowest BCUT2D eigenvalue weighted by Gasteiger charge is -2.13. The molecule has 0 aromatic carbocycles. The Bertz CT molecular complexity index is 179. The molecule has 1 amide bonds. The van der Waals surface area contributed by atoms with Crippen LogP contribution >= 0.6 is 11.8 Å². The second-order valence-electron chi connectivity index (χ2n) is 3.62. The highest BCUT2D eigenvalue weighted by Crippen LogP contribution is 2.03. The standard InChI is InChI=1S/C11H24N2O2S/c1-4-16-8-5-10(2)13-11(14)9-12-6-7-15-3/h10,12H,4-9H2,1-3H3,(H,13,14). The lowest BCUT2D eigenvalue weighted by molar-refractivity contribution is -0.120. The first-order valence-corrected chi connectivity index (χ1v) is 6.93. The van der Waals surface area contributed by atoms with Gasteiger partial charge in [0.15, 0.2) is 0 Å². The molecule has 0 saturated heterocycles. The second kappa shape index (κ2) is 11.2. The third kappa shape index (κ3) is 10.3. The van der Waals surface area contributed by atoms with Crippen LogP contribution < -0.4 is 10.6 Å². The number of nitrogens with one attached hydrogen (secondary N) is 2. The van der Waals surface area contributed by atoms with Crippen molar-refractivity contribution in [2.24, 2.45) is 0 Å². The summed E-state index contributed by atoms with van der Waals surface area (Å²) in [6.45, 7) is 5.91. The summed E-state index contributed by atoms with van der Waals surface area (Å²) in [5.41, 5.74) is 0. The van der Waals surface area contributed by atoms with Crippen molar-refractivity contribution in [3.63, 3.8) is 0 Å². The number of amides is 1. The number of carbonyl (C=O) groups is 1. The summed E-state index contributed by atoms with van der Waals surface area (Å²) in [7, 11) is 1.65. The first kappa shape index (κ1) is 15.7. The van der Waals surface area contributed by atoms with Crippen LogP contribution in [0, 0.1) is 0 Å². The van der Waals surface area contributed by atoms with Crippen molar-refractivity contribution in [2.75, 3.05) is 38.3 Å². The number of thioether (sulfide) groups is 1. The van der Waals surface area contributed by atoms with E-state index in [4.69, 9.17) is 4.74 Å². The number of hydrogen-bond donors (Lipinski definition) is 2. The minimum absolute atomic E-state index is 0.0603. The van der Waals surface area contributed by atoms with Crippen molar-refractivity contribution in [1.29, 1.82) is 0 Å². The van der Waals surface area contributed by atoms with Gasteiger partial charge in [-0.3, -0.25) is 4.79 Å². The van der Waals surface area contributed by atoms with Crippen LogP contribution in [0.4, 0.5) is 0 Å². The van der Waals surface area contributed by atoms with Crippen molar-refractivity contribution in [2.45, 2.75) is 26.3 Å². The van der Waals surface area contributed by atoms with Crippen LogP contribution in [0.5, 0.6) is 0 Å². The predicted molar refractivity (Wildman–Crippen MR) is 70.0 cm³/mol. The van der Waals surface area contributed by atoms with Crippen molar-refractivity contribution >= 4 is 17.7 Å². The SMILES string of the molecule is CCSCCC(C)NC(=O)CNCCOC. The predicted octanol–water partition coefficient (Wildman–Crippen LogP) is 0.870. The molecule has 0 rings (SSSR count).